The van der Waals surface area contributed by atoms with Crippen LogP contribution in [0.2, 0.25) is 0 Å². The zero-order valence-corrected chi connectivity index (χ0v) is 32.9. The molecule has 4 saturated carbocycles. The van der Waals surface area contributed by atoms with E-state index in [1.165, 1.54) is 5.57 Å². The molecule has 10 N–H and O–H groups in total. The van der Waals surface area contributed by atoms with E-state index < -0.39 is 129 Å². The molecular weight excluding hydrogens is 754 g/mol. The molecule has 1 amide bonds. The van der Waals surface area contributed by atoms with E-state index in [1.807, 2.05) is 6.92 Å². The Kier molecular flexibility index (Phi) is 14.1. The largest absolute Gasteiger partial charge is 0.432 e. The van der Waals surface area contributed by atoms with Crippen LogP contribution >= 0.6 is 0 Å². The molecule has 326 valence electrons. The second-order valence-electron chi connectivity index (χ2n) is 17.5. The van der Waals surface area contributed by atoms with Crippen LogP contribution < -0.4 is 5.32 Å². The van der Waals surface area contributed by atoms with Crippen LogP contribution in [-0.2, 0) is 38.0 Å². The number of ether oxygens (including phenoxy) is 6. The van der Waals surface area contributed by atoms with E-state index in [0.29, 0.717) is 18.3 Å². The third-order valence-corrected chi connectivity index (χ3v) is 14.1. The molecule has 18 nitrogen and oxygen atoms in total. The molecule has 0 unspecified atom stereocenters. The van der Waals surface area contributed by atoms with Gasteiger partial charge in [-0.1, -0.05) is 31.9 Å². The highest BCUT2D eigenvalue weighted by Gasteiger charge is 2.59. The molecule has 7 rings (SSSR count). The van der Waals surface area contributed by atoms with Crippen molar-refractivity contribution in [2.45, 2.75) is 171 Å². The third kappa shape index (κ3) is 8.55. The molecule has 0 aromatic carbocycles. The highest BCUT2D eigenvalue weighted by Crippen LogP contribution is 2.61. The van der Waals surface area contributed by atoms with Crippen molar-refractivity contribution in [1.82, 2.24) is 5.32 Å². The summed E-state index contributed by atoms with van der Waals surface area (Å²) in [5.41, 5.74) is 0.0847. The number of aliphatic hydroxyl groups is 9. The molecule has 3 heterocycles. The highest BCUT2D eigenvalue weighted by molar-refractivity contribution is 5.77. The lowest BCUT2D eigenvalue weighted by Crippen LogP contribution is -2.68. The molecule has 7 aliphatic rings. The Hall–Kier alpha value is -1.88. The number of carbonyl (C=O) groups is 2. The van der Waals surface area contributed by atoms with Crippen molar-refractivity contribution in [3.63, 3.8) is 0 Å². The first kappa shape index (κ1) is 44.7. The minimum atomic E-state index is -1.94. The Morgan fingerprint density at radius 1 is 0.719 bits per heavy atom. The average molecular weight is 818 g/mol. The molecule has 20 atom stereocenters. The number of nitrogens with one attached hydrogen (secondary N) is 1. The van der Waals surface area contributed by atoms with Crippen molar-refractivity contribution in [3.8, 4) is 0 Å². The Morgan fingerprint density at radius 2 is 1.26 bits per heavy atom. The maximum atomic E-state index is 14.7. The fourth-order valence-corrected chi connectivity index (χ4v) is 10.7. The summed E-state index contributed by atoms with van der Waals surface area (Å²) in [6, 6.07) is -1.49. The van der Waals surface area contributed by atoms with Crippen LogP contribution in [0.25, 0.3) is 0 Å². The van der Waals surface area contributed by atoms with Gasteiger partial charge < -0.3 is 79.7 Å². The van der Waals surface area contributed by atoms with Gasteiger partial charge in [0.1, 0.15) is 67.1 Å². The number of allylic oxidation sites excluding steroid dienone is 1. The Bertz CT molecular complexity index is 1420. The van der Waals surface area contributed by atoms with Crippen LogP contribution in [0.5, 0.6) is 0 Å². The van der Waals surface area contributed by atoms with E-state index in [1.54, 1.807) is 0 Å². The molecule has 3 saturated heterocycles. The van der Waals surface area contributed by atoms with Gasteiger partial charge in [-0.05, 0) is 75.0 Å². The first-order chi connectivity index (χ1) is 27.0. The van der Waals surface area contributed by atoms with E-state index in [9.17, 15) is 55.5 Å². The number of amides is 1. The van der Waals surface area contributed by atoms with Crippen molar-refractivity contribution in [1.29, 1.82) is 0 Å². The number of aliphatic hydroxyl groups excluding tert-OH is 9. The summed E-state index contributed by atoms with van der Waals surface area (Å²) in [5.74, 6) is -0.556. The molecule has 2 bridgehead atoms. The lowest BCUT2D eigenvalue weighted by Gasteiger charge is -2.55. The normalized spacial score (nSPS) is 49.2. The van der Waals surface area contributed by atoms with Crippen molar-refractivity contribution in [3.05, 3.63) is 12.2 Å². The first-order valence-corrected chi connectivity index (χ1v) is 20.3. The van der Waals surface area contributed by atoms with Gasteiger partial charge >= 0.3 is 5.97 Å². The summed E-state index contributed by atoms with van der Waals surface area (Å²) in [7, 11) is 0. The summed E-state index contributed by atoms with van der Waals surface area (Å²) < 4.78 is 35.7. The van der Waals surface area contributed by atoms with Crippen molar-refractivity contribution in [2.24, 2.45) is 28.6 Å². The molecule has 0 radical (unpaired) electrons. The number of esters is 1. The first-order valence-electron chi connectivity index (χ1n) is 20.3. The Labute approximate surface area is 332 Å². The average Bonchev–Trinajstić information content (AvgIpc) is 3.28. The maximum absolute atomic E-state index is 14.7. The van der Waals surface area contributed by atoms with E-state index in [0.717, 1.165) is 58.3 Å². The summed E-state index contributed by atoms with van der Waals surface area (Å²) >= 11 is 0. The van der Waals surface area contributed by atoms with Crippen LogP contribution in [-0.4, -0.2) is 170 Å². The van der Waals surface area contributed by atoms with Crippen LogP contribution in [0.3, 0.4) is 0 Å². The highest BCUT2D eigenvalue weighted by atomic mass is 16.8. The number of rotatable bonds is 10. The second kappa shape index (κ2) is 18.0. The summed E-state index contributed by atoms with van der Waals surface area (Å²) in [6.45, 7) is 7.32. The van der Waals surface area contributed by atoms with E-state index >= 15 is 0 Å². The van der Waals surface area contributed by atoms with Crippen molar-refractivity contribution >= 4 is 11.9 Å². The SMILES string of the molecule is C=C1C[C@H]2CC[C@@H]1CCC[C@H]1[C@@]2(C)CCC[C@@]1(C)C(=O)O[C@@H]1O[C@H](CO)[C@@H](O)[C@H](O)[C@H]1O[C@@H]1O[C@H](CO)[C@@H](O)[C@H](O)[C@H]1O[C@@H]1O[C@H](CO)[C@@H](O)[C@H](O)[C@H]1NC(C)=O. The molecule has 7 fully saturated rings. The van der Waals surface area contributed by atoms with Gasteiger partial charge in [-0.15, -0.1) is 0 Å². The minimum absolute atomic E-state index is 0.0712. The van der Waals surface area contributed by atoms with Gasteiger partial charge in [-0.25, -0.2) is 0 Å². The summed E-state index contributed by atoms with van der Waals surface area (Å²) in [5, 5.41) is 98.4. The smallest absolute Gasteiger partial charge is 0.314 e. The van der Waals surface area contributed by atoms with Crippen molar-refractivity contribution < 1.29 is 84.0 Å². The van der Waals surface area contributed by atoms with Gasteiger partial charge in [0.25, 0.3) is 0 Å². The fraction of sp³-hybridized carbons (Fsp3) is 0.897. The van der Waals surface area contributed by atoms with Gasteiger partial charge in [0.15, 0.2) is 18.7 Å². The van der Waals surface area contributed by atoms with Crippen LogP contribution in [0.1, 0.15) is 78.6 Å². The number of fused-ring (bicyclic) bond motifs is 4. The van der Waals surface area contributed by atoms with Gasteiger partial charge in [-0.2, -0.15) is 0 Å². The molecule has 18 heteroatoms. The third-order valence-electron chi connectivity index (χ3n) is 14.1. The molecular formula is C39H63NO17. The standard InChI is InChI=1S/C39H63NO17/c1-17-13-20-10-9-19(17)7-5-8-24-38(20,3)11-6-12-39(24,4)37(51)57-36-33(31(50)28(47)23(16-43)54-36)56-35-32(30(49)27(46)22(15-42)53-35)55-34-25(40-18(2)44)29(48)26(45)21(14-41)52-34/h19-36,41-43,45-50H,1,5-16H2,2-4H3,(H,40,44)/t19-,20+,21+,22+,23+,24-,25+,26+,27+,28+,29+,30-,31-,32+,33+,34-,35-,36-,38-,39+/m0/s1. The van der Waals surface area contributed by atoms with Crippen molar-refractivity contribution in [2.75, 3.05) is 19.8 Å². The molecule has 0 aromatic rings. The molecule has 3 aliphatic heterocycles. The molecule has 4 aliphatic carbocycles. The Morgan fingerprint density at radius 3 is 1.84 bits per heavy atom. The summed E-state index contributed by atoms with van der Waals surface area (Å²) in [6.07, 6.45) is -16.2. The Balaban J connectivity index is 1.29. The minimum Gasteiger partial charge on any atom is -0.432 e. The van der Waals surface area contributed by atoms with Crippen LogP contribution in [0.4, 0.5) is 0 Å². The number of hydrogen-bond acceptors (Lipinski definition) is 17. The quantitative estimate of drug-likeness (QED) is 0.0851. The predicted molar refractivity (Wildman–Crippen MR) is 194 cm³/mol. The lowest BCUT2D eigenvalue weighted by atomic mass is 9.49. The second-order valence-corrected chi connectivity index (χ2v) is 17.5. The van der Waals surface area contributed by atoms with E-state index in [-0.39, 0.29) is 11.3 Å². The van der Waals surface area contributed by atoms with E-state index in [4.69, 9.17) is 28.4 Å². The van der Waals surface area contributed by atoms with E-state index in [2.05, 4.69) is 18.8 Å². The number of hydrogen-bond donors (Lipinski definition) is 10. The van der Waals surface area contributed by atoms with Gasteiger partial charge in [0.05, 0.1) is 25.2 Å². The van der Waals surface area contributed by atoms with Gasteiger partial charge in [-0.3, -0.25) is 9.59 Å². The zero-order valence-electron chi connectivity index (χ0n) is 32.9. The molecule has 0 spiro atoms. The van der Waals surface area contributed by atoms with Crippen LogP contribution in [0, 0.1) is 28.6 Å². The summed E-state index contributed by atoms with van der Waals surface area (Å²) in [4.78, 5) is 26.7. The van der Waals surface area contributed by atoms with Crippen LogP contribution in [0.15, 0.2) is 12.2 Å². The number of carbonyl (C=O) groups excluding carboxylic acids is 2. The van der Waals surface area contributed by atoms with Gasteiger partial charge in [0, 0.05) is 6.92 Å². The topological polar surface area (TPSA) is 284 Å². The maximum Gasteiger partial charge on any atom is 0.314 e. The zero-order chi connectivity index (χ0) is 41.6. The lowest BCUT2D eigenvalue weighted by molar-refractivity contribution is -0.385. The monoisotopic (exact) mass is 817 g/mol. The molecule has 0 aromatic heterocycles. The van der Waals surface area contributed by atoms with Gasteiger partial charge in [0.2, 0.25) is 12.2 Å². The fourth-order valence-electron chi connectivity index (χ4n) is 10.7. The predicted octanol–water partition coefficient (Wildman–Crippen LogP) is -1.91. The molecule has 57 heavy (non-hydrogen) atoms.